The minimum Gasteiger partial charge on any atom is -0.461 e. The predicted octanol–water partition coefficient (Wildman–Crippen LogP) is 1.13. The Morgan fingerprint density at radius 1 is 1.40 bits per heavy atom. The van der Waals surface area contributed by atoms with Crippen LogP contribution in [0.5, 0.6) is 0 Å². The quantitative estimate of drug-likeness (QED) is 0.786. The summed E-state index contributed by atoms with van der Waals surface area (Å²) in [6, 6.07) is 0. The maximum Gasteiger partial charge on any atom is 0.310 e. The molecule has 6 atom stereocenters. The topological polar surface area (TPSA) is 72.8 Å². The summed E-state index contributed by atoms with van der Waals surface area (Å²) in [5, 5.41) is 9.20. The fourth-order valence-electron chi connectivity index (χ4n) is 4.41. The van der Waals surface area contributed by atoms with Crippen molar-refractivity contribution in [3.8, 4) is 0 Å². The van der Waals surface area contributed by atoms with Gasteiger partial charge in [-0.25, -0.2) is 0 Å². The number of hydrogen-bond donors (Lipinski definition) is 1. The molecule has 112 valence electrons. The number of carbonyl (C=O) groups excluding carboxylic acids is 2. The van der Waals surface area contributed by atoms with E-state index in [0.29, 0.717) is 6.42 Å². The van der Waals surface area contributed by atoms with Gasteiger partial charge in [-0.3, -0.25) is 9.59 Å². The van der Waals surface area contributed by atoms with E-state index in [0.717, 1.165) is 6.42 Å². The molecule has 3 rings (SSSR count). The van der Waals surface area contributed by atoms with Crippen LogP contribution in [0.25, 0.3) is 0 Å². The predicted molar refractivity (Wildman–Crippen MR) is 69.5 cm³/mol. The van der Waals surface area contributed by atoms with Gasteiger partial charge >= 0.3 is 11.9 Å². The van der Waals surface area contributed by atoms with Crippen LogP contribution < -0.4 is 0 Å². The Bertz CT molecular complexity index is 438. The Labute approximate surface area is 118 Å². The van der Waals surface area contributed by atoms with Crippen molar-refractivity contribution < 1.29 is 24.2 Å². The highest BCUT2D eigenvalue weighted by molar-refractivity contribution is 5.86. The molecule has 3 aliphatic rings. The molecule has 2 aliphatic carbocycles. The average Bonchev–Trinajstić information content (AvgIpc) is 2.89. The van der Waals surface area contributed by atoms with Crippen molar-refractivity contribution in [2.75, 3.05) is 6.61 Å². The molecule has 0 aromatic carbocycles. The van der Waals surface area contributed by atoms with Crippen molar-refractivity contribution in [1.82, 2.24) is 0 Å². The van der Waals surface area contributed by atoms with Crippen LogP contribution >= 0.6 is 0 Å². The second kappa shape index (κ2) is 4.45. The van der Waals surface area contributed by atoms with Crippen molar-refractivity contribution in [2.24, 2.45) is 29.6 Å². The number of carbonyl (C=O) groups is 2. The lowest BCUT2D eigenvalue weighted by Gasteiger charge is -2.32. The first-order valence-electron chi connectivity index (χ1n) is 7.37. The molecule has 3 fully saturated rings. The Kier molecular flexibility index (Phi) is 3.08. The molecule has 20 heavy (non-hydrogen) atoms. The first-order chi connectivity index (χ1) is 9.33. The Morgan fingerprint density at radius 2 is 2.10 bits per heavy atom. The lowest BCUT2D eigenvalue weighted by atomic mass is 9.73. The van der Waals surface area contributed by atoms with E-state index in [2.05, 4.69) is 0 Å². The van der Waals surface area contributed by atoms with Gasteiger partial charge in [-0.15, -0.1) is 0 Å². The molecule has 0 amide bonds. The fraction of sp³-hybridized carbons (Fsp3) is 0.867. The summed E-state index contributed by atoms with van der Waals surface area (Å²) in [7, 11) is 0. The molecular weight excluding hydrogens is 260 g/mol. The molecule has 6 unspecified atom stereocenters. The van der Waals surface area contributed by atoms with Crippen LogP contribution in [-0.4, -0.2) is 35.4 Å². The first-order valence-corrected chi connectivity index (χ1v) is 7.37. The number of hydrogen-bond acceptors (Lipinski definition) is 5. The molecule has 0 aromatic rings. The smallest absolute Gasteiger partial charge is 0.310 e. The van der Waals surface area contributed by atoms with E-state index in [-0.39, 0.29) is 54.2 Å². The summed E-state index contributed by atoms with van der Waals surface area (Å²) >= 11 is 0. The Morgan fingerprint density at radius 3 is 2.70 bits per heavy atom. The summed E-state index contributed by atoms with van der Waals surface area (Å²) in [5.74, 6) is -0.888. The normalized spacial score (nSPS) is 41.9. The van der Waals surface area contributed by atoms with Crippen LogP contribution in [0.1, 0.15) is 33.6 Å². The van der Waals surface area contributed by atoms with Gasteiger partial charge in [-0.05, 0) is 39.5 Å². The van der Waals surface area contributed by atoms with Crippen molar-refractivity contribution in [3.05, 3.63) is 0 Å². The van der Waals surface area contributed by atoms with Crippen LogP contribution in [0.2, 0.25) is 0 Å². The summed E-state index contributed by atoms with van der Waals surface area (Å²) in [4.78, 5) is 24.5. The highest BCUT2D eigenvalue weighted by Crippen LogP contribution is 2.61. The zero-order chi connectivity index (χ0) is 14.7. The van der Waals surface area contributed by atoms with Crippen LogP contribution in [0.4, 0.5) is 0 Å². The second-order valence-corrected chi connectivity index (χ2v) is 7.23. The molecule has 2 bridgehead atoms. The third-order valence-electron chi connectivity index (χ3n) is 4.91. The lowest BCUT2D eigenvalue weighted by Crippen LogP contribution is -2.41. The van der Waals surface area contributed by atoms with Crippen LogP contribution in [0.3, 0.4) is 0 Å². The number of aliphatic hydroxyl groups excluding tert-OH is 1. The van der Waals surface area contributed by atoms with Crippen LogP contribution in [0.15, 0.2) is 0 Å². The highest BCUT2D eigenvalue weighted by Gasteiger charge is 2.68. The number of rotatable bonds is 3. The standard InChI is InChI=1S/C15H22O5/c1-15(2,3)20-14(18)10-8-6-9-11(10)13(17)19-12(9)7(8)4-5-16/h7-12,16H,4-6H2,1-3H3. The van der Waals surface area contributed by atoms with Gasteiger partial charge in [0.2, 0.25) is 0 Å². The third-order valence-corrected chi connectivity index (χ3v) is 4.91. The van der Waals surface area contributed by atoms with Gasteiger partial charge in [0.05, 0.1) is 11.8 Å². The summed E-state index contributed by atoms with van der Waals surface area (Å²) < 4.78 is 10.9. The van der Waals surface area contributed by atoms with Crippen molar-refractivity contribution in [2.45, 2.75) is 45.3 Å². The molecule has 0 aromatic heterocycles. The van der Waals surface area contributed by atoms with Crippen molar-refractivity contribution >= 4 is 11.9 Å². The third kappa shape index (κ3) is 1.94. The Hall–Kier alpha value is -1.10. The molecule has 0 spiro atoms. The van der Waals surface area contributed by atoms with E-state index in [1.807, 2.05) is 20.8 Å². The van der Waals surface area contributed by atoms with E-state index < -0.39 is 5.60 Å². The summed E-state index contributed by atoms with van der Waals surface area (Å²) in [5.41, 5.74) is -0.548. The van der Waals surface area contributed by atoms with Gasteiger partial charge in [0.1, 0.15) is 11.7 Å². The highest BCUT2D eigenvalue weighted by atomic mass is 16.6. The number of fused-ring (bicyclic) bond motifs is 1. The number of esters is 2. The SMILES string of the molecule is CC(C)(C)OC(=O)C1C2CC3C(OC(=O)C31)C2CCO. The molecule has 5 heteroatoms. The van der Waals surface area contributed by atoms with E-state index >= 15 is 0 Å². The molecular formula is C15H22O5. The number of ether oxygens (including phenoxy) is 2. The average molecular weight is 282 g/mol. The molecule has 1 N–H and O–H groups in total. The summed E-state index contributed by atoms with van der Waals surface area (Å²) in [6.07, 6.45) is 1.34. The zero-order valence-electron chi connectivity index (χ0n) is 12.2. The van der Waals surface area contributed by atoms with Gasteiger partial charge in [0, 0.05) is 18.4 Å². The minimum atomic E-state index is -0.548. The van der Waals surface area contributed by atoms with Crippen LogP contribution in [-0.2, 0) is 19.1 Å². The monoisotopic (exact) mass is 282 g/mol. The molecule has 5 nitrogen and oxygen atoms in total. The maximum absolute atomic E-state index is 12.4. The second-order valence-electron chi connectivity index (χ2n) is 7.23. The minimum absolute atomic E-state index is 0.0631. The van der Waals surface area contributed by atoms with Crippen molar-refractivity contribution in [3.63, 3.8) is 0 Å². The van der Waals surface area contributed by atoms with Crippen LogP contribution in [0, 0.1) is 29.6 Å². The van der Waals surface area contributed by atoms with Gasteiger partial charge in [-0.2, -0.15) is 0 Å². The maximum atomic E-state index is 12.4. The lowest BCUT2D eigenvalue weighted by molar-refractivity contribution is -0.166. The van der Waals surface area contributed by atoms with Gasteiger partial charge in [-0.1, -0.05) is 0 Å². The fourth-order valence-corrected chi connectivity index (χ4v) is 4.41. The largest absolute Gasteiger partial charge is 0.461 e. The van der Waals surface area contributed by atoms with E-state index in [4.69, 9.17) is 9.47 Å². The first kappa shape index (κ1) is 13.9. The van der Waals surface area contributed by atoms with E-state index in [1.54, 1.807) is 0 Å². The number of aliphatic hydroxyl groups is 1. The zero-order valence-corrected chi connectivity index (χ0v) is 12.2. The van der Waals surface area contributed by atoms with Gasteiger partial charge in [0.25, 0.3) is 0 Å². The van der Waals surface area contributed by atoms with E-state index in [1.165, 1.54) is 0 Å². The van der Waals surface area contributed by atoms with Gasteiger partial charge in [0.15, 0.2) is 0 Å². The Balaban J connectivity index is 1.84. The van der Waals surface area contributed by atoms with E-state index in [9.17, 15) is 14.7 Å². The van der Waals surface area contributed by atoms with Gasteiger partial charge < -0.3 is 14.6 Å². The molecule has 2 saturated carbocycles. The molecule has 1 saturated heterocycles. The van der Waals surface area contributed by atoms with Crippen molar-refractivity contribution in [1.29, 1.82) is 0 Å². The molecule has 1 heterocycles. The summed E-state index contributed by atoms with van der Waals surface area (Å²) in [6.45, 7) is 5.56. The molecule has 0 radical (unpaired) electrons. The molecule has 1 aliphatic heterocycles.